The fraction of sp³-hybridized carbons (Fsp3) is 0.844. The van der Waals surface area contributed by atoms with Gasteiger partial charge in [-0.1, -0.05) is 301 Å². The number of aliphatic hydroxyl groups excluding tert-OH is 1. The van der Waals surface area contributed by atoms with E-state index in [-0.39, 0.29) is 25.7 Å². The van der Waals surface area contributed by atoms with Gasteiger partial charge in [0.2, 0.25) is 0 Å². The quantitative estimate of drug-likeness (QED) is 0.0128. The lowest BCUT2D eigenvalue weighted by molar-refractivity contribution is -0.161. The summed E-state index contributed by atoms with van der Waals surface area (Å²) in [6.07, 6.45) is 66.6. The van der Waals surface area contributed by atoms with Crippen LogP contribution < -0.4 is 0 Å². The molecule has 0 aliphatic rings. The second-order valence-corrected chi connectivity index (χ2v) is 29.2. The third-order valence-corrected chi connectivity index (χ3v) is 18.7. The standard InChI is InChI=1S/C77H142O17P2/c1-5-9-13-17-21-25-29-33-35-39-41-45-49-53-57-61-74(79)87-67-72(93-76(81)63-59-55-51-47-43-37-31-27-23-19-15-11-7-3)69-91-95(83,84)89-65-71(78)66-90-96(85,86)92-70-73(94-77(82)64-60-56-52-48-44-38-32-28-24-20-16-12-8-4)68-88-75(80)62-58-54-50-46-42-40-36-34-30-26-22-18-14-10-6-2/h21,25-26,30,33-36,71-73,78H,5-20,22-24,27-29,31-32,37-70H2,1-4H3,(H,83,84)(H,85,86)/b25-21-,30-26-,35-33-,36-34-/t71-,72-,73-/m1/s1. The summed E-state index contributed by atoms with van der Waals surface area (Å²) in [6, 6.07) is 0. The van der Waals surface area contributed by atoms with E-state index in [2.05, 4.69) is 76.3 Å². The molecule has 0 aromatic rings. The first-order chi connectivity index (χ1) is 46.7. The van der Waals surface area contributed by atoms with Crippen molar-refractivity contribution in [3.63, 3.8) is 0 Å². The molecular weight excluding hydrogens is 1260 g/mol. The number of esters is 4. The van der Waals surface area contributed by atoms with Crippen LogP contribution in [-0.4, -0.2) is 96.7 Å². The maximum atomic E-state index is 13.1. The first-order valence-electron chi connectivity index (χ1n) is 38.9. The van der Waals surface area contributed by atoms with Crippen LogP contribution in [0.25, 0.3) is 0 Å². The molecule has 96 heavy (non-hydrogen) atoms. The predicted octanol–water partition coefficient (Wildman–Crippen LogP) is 22.1. The van der Waals surface area contributed by atoms with Crippen LogP contribution >= 0.6 is 15.6 Å². The molecule has 3 N–H and O–H groups in total. The molecule has 0 amide bonds. The number of aliphatic hydroxyl groups is 1. The molecule has 0 saturated carbocycles. The molecule has 0 spiro atoms. The van der Waals surface area contributed by atoms with E-state index < -0.39 is 97.5 Å². The lowest BCUT2D eigenvalue weighted by Crippen LogP contribution is -2.30. The van der Waals surface area contributed by atoms with Crippen molar-refractivity contribution in [3.8, 4) is 0 Å². The molecule has 0 heterocycles. The second kappa shape index (κ2) is 70.5. The Morgan fingerprint density at radius 2 is 0.542 bits per heavy atom. The topological polar surface area (TPSA) is 237 Å². The third kappa shape index (κ3) is 69.5. The van der Waals surface area contributed by atoms with E-state index in [1.54, 1.807) is 0 Å². The Bertz CT molecular complexity index is 2010. The molecule has 0 rings (SSSR count). The highest BCUT2D eigenvalue weighted by atomic mass is 31.2. The zero-order valence-corrected chi connectivity index (χ0v) is 63.1. The van der Waals surface area contributed by atoms with Crippen LogP contribution in [0.15, 0.2) is 48.6 Å². The molecule has 5 atom stereocenters. The molecule has 17 nitrogen and oxygen atoms in total. The molecular formula is C77H142O17P2. The van der Waals surface area contributed by atoms with Gasteiger partial charge in [0.15, 0.2) is 12.2 Å². The first-order valence-corrected chi connectivity index (χ1v) is 41.9. The Morgan fingerprint density at radius 3 is 0.865 bits per heavy atom. The van der Waals surface area contributed by atoms with Crippen molar-refractivity contribution in [3.05, 3.63) is 48.6 Å². The molecule has 0 aromatic heterocycles. The van der Waals surface area contributed by atoms with Crippen molar-refractivity contribution in [2.75, 3.05) is 39.6 Å². The number of ether oxygens (including phenoxy) is 4. The number of carbonyl (C=O) groups excluding carboxylic acids is 4. The Hall–Kier alpha value is -2.98. The average molecular weight is 1400 g/mol. The van der Waals surface area contributed by atoms with Gasteiger partial charge in [-0.2, -0.15) is 0 Å². The van der Waals surface area contributed by atoms with E-state index >= 15 is 0 Å². The fourth-order valence-electron chi connectivity index (χ4n) is 10.8. The summed E-state index contributed by atoms with van der Waals surface area (Å²) in [4.78, 5) is 72.8. The summed E-state index contributed by atoms with van der Waals surface area (Å²) in [5.41, 5.74) is 0. The van der Waals surface area contributed by atoms with Crippen LogP contribution in [0.2, 0.25) is 0 Å². The summed E-state index contributed by atoms with van der Waals surface area (Å²) in [5.74, 6) is -2.17. The molecule has 0 aliphatic carbocycles. The SMILES string of the molecule is CCCCC/C=C\C/C=C\CCCCCCCC(=O)OC[C@H](COP(=O)(O)OC[C@@H](O)COP(=O)(O)OC[C@@H](COC(=O)CCCCCCC/C=C\C=C/CCCCCC)OC(=O)CCCCCCCCCCCCCCC)OC(=O)CCCCCCCCCCCCCCC. The summed E-state index contributed by atoms with van der Waals surface area (Å²) in [7, 11) is -9.93. The van der Waals surface area contributed by atoms with Gasteiger partial charge < -0.3 is 33.8 Å². The minimum Gasteiger partial charge on any atom is -0.462 e. The molecule has 2 unspecified atom stereocenters. The smallest absolute Gasteiger partial charge is 0.462 e. The first kappa shape index (κ1) is 93.0. The van der Waals surface area contributed by atoms with Crippen LogP contribution in [-0.2, 0) is 65.4 Å². The number of hydrogen-bond donors (Lipinski definition) is 3. The van der Waals surface area contributed by atoms with Crippen LogP contribution in [0, 0.1) is 0 Å². The molecule has 0 radical (unpaired) electrons. The summed E-state index contributed by atoms with van der Waals surface area (Å²) < 4.78 is 68.5. The highest BCUT2D eigenvalue weighted by Gasteiger charge is 2.30. The number of rotatable bonds is 74. The fourth-order valence-corrected chi connectivity index (χ4v) is 12.4. The van der Waals surface area contributed by atoms with Gasteiger partial charge in [0, 0.05) is 25.7 Å². The Morgan fingerprint density at radius 1 is 0.302 bits per heavy atom. The normalized spacial score (nSPS) is 14.2. The van der Waals surface area contributed by atoms with Gasteiger partial charge in [-0.15, -0.1) is 0 Å². The maximum absolute atomic E-state index is 13.1. The van der Waals surface area contributed by atoms with Crippen molar-refractivity contribution in [1.82, 2.24) is 0 Å². The largest absolute Gasteiger partial charge is 0.472 e. The zero-order valence-electron chi connectivity index (χ0n) is 61.3. The van der Waals surface area contributed by atoms with Gasteiger partial charge in [-0.25, -0.2) is 9.13 Å². The van der Waals surface area contributed by atoms with Gasteiger partial charge in [0.05, 0.1) is 26.4 Å². The maximum Gasteiger partial charge on any atom is 0.472 e. The van der Waals surface area contributed by atoms with Crippen LogP contribution in [0.5, 0.6) is 0 Å². The summed E-state index contributed by atoms with van der Waals surface area (Å²) in [5, 5.41) is 10.6. The molecule has 0 aromatic carbocycles. The lowest BCUT2D eigenvalue weighted by Gasteiger charge is -2.21. The molecule has 562 valence electrons. The van der Waals surface area contributed by atoms with Crippen LogP contribution in [0.4, 0.5) is 0 Å². The lowest BCUT2D eigenvalue weighted by atomic mass is 10.0. The van der Waals surface area contributed by atoms with E-state index in [1.165, 1.54) is 148 Å². The Balaban J connectivity index is 5.32. The Kier molecular flexibility index (Phi) is 68.3. The van der Waals surface area contributed by atoms with Crippen molar-refractivity contribution in [2.45, 2.75) is 380 Å². The average Bonchev–Trinajstić information content (AvgIpc) is 1.14. The van der Waals surface area contributed by atoms with Crippen LogP contribution in [0.1, 0.15) is 362 Å². The van der Waals surface area contributed by atoms with Gasteiger partial charge in [-0.05, 0) is 83.5 Å². The van der Waals surface area contributed by atoms with Crippen molar-refractivity contribution >= 4 is 39.5 Å². The van der Waals surface area contributed by atoms with Crippen molar-refractivity contribution in [2.24, 2.45) is 0 Å². The van der Waals surface area contributed by atoms with Gasteiger partial charge in [-0.3, -0.25) is 37.3 Å². The van der Waals surface area contributed by atoms with E-state index in [4.69, 9.17) is 37.0 Å². The van der Waals surface area contributed by atoms with Crippen molar-refractivity contribution in [1.29, 1.82) is 0 Å². The summed E-state index contributed by atoms with van der Waals surface area (Å²) >= 11 is 0. The molecule has 19 heteroatoms. The highest BCUT2D eigenvalue weighted by Crippen LogP contribution is 2.45. The van der Waals surface area contributed by atoms with E-state index in [9.17, 15) is 43.2 Å². The summed E-state index contributed by atoms with van der Waals surface area (Å²) in [6.45, 7) is 4.86. The minimum atomic E-state index is -4.97. The predicted molar refractivity (Wildman–Crippen MR) is 390 cm³/mol. The second-order valence-electron chi connectivity index (χ2n) is 26.3. The van der Waals surface area contributed by atoms with Crippen molar-refractivity contribution < 1.29 is 80.2 Å². The molecule has 0 aliphatic heterocycles. The number of allylic oxidation sites excluding steroid dienone is 8. The zero-order chi connectivity index (χ0) is 70.4. The molecule has 0 bridgehead atoms. The Labute approximate surface area is 585 Å². The number of hydrogen-bond acceptors (Lipinski definition) is 15. The third-order valence-electron chi connectivity index (χ3n) is 16.8. The van der Waals surface area contributed by atoms with Gasteiger partial charge in [0.25, 0.3) is 0 Å². The highest BCUT2D eigenvalue weighted by molar-refractivity contribution is 7.47. The number of phosphoric ester groups is 2. The number of unbranched alkanes of at least 4 members (excludes halogenated alkanes) is 41. The van der Waals surface area contributed by atoms with E-state index in [1.807, 2.05) is 0 Å². The van der Waals surface area contributed by atoms with Gasteiger partial charge >= 0.3 is 39.5 Å². The minimum absolute atomic E-state index is 0.0989. The van der Waals surface area contributed by atoms with E-state index in [0.29, 0.717) is 25.7 Å². The monoisotopic (exact) mass is 1400 g/mol. The number of phosphoric acid groups is 2. The van der Waals surface area contributed by atoms with E-state index in [0.717, 1.165) is 135 Å². The van der Waals surface area contributed by atoms with Gasteiger partial charge in [0.1, 0.15) is 19.3 Å². The molecule has 0 saturated heterocycles. The van der Waals surface area contributed by atoms with Crippen LogP contribution in [0.3, 0.4) is 0 Å². The molecule has 0 fully saturated rings. The number of carbonyl (C=O) groups is 4.